The summed E-state index contributed by atoms with van der Waals surface area (Å²) in [6.45, 7) is 2.56. The quantitative estimate of drug-likeness (QED) is 0.843. The molecule has 5 nitrogen and oxygen atoms in total. The SMILES string of the molecule is COCC(N)C(=O)NCc1ncccc1C.Cl.Cl. The second-order valence-corrected chi connectivity index (χ2v) is 3.55. The third-order valence-electron chi connectivity index (χ3n) is 2.23. The molecule has 0 aromatic carbocycles. The van der Waals surface area contributed by atoms with Crippen LogP contribution in [0.25, 0.3) is 0 Å². The van der Waals surface area contributed by atoms with Crippen molar-refractivity contribution in [3.63, 3.8) is 0 Å². The molecule has 1 rings (SSSR count). The Morgan fingerprint density at radius 2 is 2.22 bits per heavy atom. The molecule has 0 spiro atoms. The average Bonchev–Trinajstić information content (AvgIpc) is 2.28. The van der Waals surface area contributed by atoms with E-state index in [2.05, 4.69) is 10.3 Å². The number of carbonyl (C=O) groups excluding carboxylic acids is 1. The van der Waals surface area contributed by atoms with Crippen LogP contribution in [0.3, 0.4) is 0 Å². The van der Waals surface area contributed by atoms with E-state index in [0.717, 1.165) is 11.3 Å². The smallest absolute Gasteiger partial charge is 0.239 e. The maximum Gasteiger partial charge on any atom is 0.239 e. The van der Waals surface area contributed by atoms with Crippen molar-refractivity contribution in [3.8, 4) is 0 Å². The van der Waals surface area contributed by atoms with E-state index in [0.29, 0.717) is 6.54 Å². The van der Waals surface area contributed by atoms with Crippen LogP contribution in [0.2, 0.25) is 0 Å². The number of carbonyl (C=O) groups is 1. The van der Waals surface area contributed by atoms with Gasteiger partial charge in [-0.3, -0.25) is 9.78 Å². The van der Waals surface area contributed by atoms with Crippen molar-refractivity contribution in [2.75, 3.05) is 13.7 Å². The van der Waals surface area contributed by atoms with E-state index >= 15 is 0 Å². The summed E-state index contributed by atoms with van der Waals surface area (Å²) < 4.78 is 4.80. The Kier molecular flexibility index (Phi) is 10.9. The lowest BCUT2D eigenvalue weighted by molar-refractivity contribution is -0.123. The first-order chi connectivity index (χ1) is 7.65. The topological polar surface area (TPSA) is 77.2 Å². The fraction of sp³-hybridized carbons (Fsp3) is 0.455. The van der Waals surface area contributed by atoms with E-state index in [1.165, 1.54) is 7.11 Å². The number of halogens is 2. The van der Waals surface area contributed by atoms with Gasteiger partial charge in [-0.25, -0.2) is 0 Å². The fourth-order valence-corrected chi connectivity index (χ4v) is 1.26. The van der Waals surface area contributed by atoms with E-state index in [4.69, 9.17) is 10.5 Å². The average molecular weight is 296 g/mol. The van der Waals surface area contributed by atoms with Crippen LogP contribution in [-0.2, 0) is 16.1 Å². The normalized spacial score (nSPS) is 10.8. The zero-order valence-corrected chi connectivity index (χ0v) is 12.0. The summed E-state index contributed by atoms with van der Waals surface area (Å²) in [5.41, 5.74) is 7.46. The summed E-state index contributed by atoms with van der Waals surface area (Å²) in [5.74, 6) is -0.230. The minimum Gasteiger partial charge on any atom is -0.383 e. The van der Waals surface area contributed by atoms with E-state index in [-0.39, 0.29) is 37.3 Å². The van der Waals surface area contributed by atoms with E-state index in [9.17, 15) is 4.79 Å². The zero-order valence-electron chi connectivity index (χ0n) is 10.4. The predicted octanol–water partition coefficient (Wildman–Crippen LogP) is 0.824. The largest absolute Gasteiger partial charge is 0.383 e. The molecule has 18 heavy (non-hydrogen) atoms. The highest BCUT2D eigenvalue weighted by atomic mass is 35.5. The van der Waals surface area contributed by atoms with Gasteiger partial charge >= 0.3 is 0 Å². The highest BCUT2D eigenvalue weighted by molar-refractivity contribution is 5.85. The van der Waals surface area contributed by atoms with Gasteiger partial charge in [0.1, 0.15) is 6.04 Å². The highest BCUT2D eigenvalue weighted by Gasteiger charge is 2.12. The summed E-state index contributed by atoms with van der Waals surface area (Å²) in [4.78, 5) is 15.6. The molecular formula is C11H19Cl2N3O2. The minimum absolute atomic E-state index is 0. The Balaban J connectivity index is 0. The lowest BCUT2D eigenvalue weighted by Gasteiger charge is -2.11. The molecule has 0 saturated carbocycles. The molecule has 1 aromatic heterocycles. The number of hydrogen-bond donors (Lipinski definition) is 2. The maximum atomic E-state index is 11.5. The summed E-state index contributed by atoms with van der Waals surface area (Å²) in [5, 5.41) is 2.72. The van der Waals surface area contributed by atoms with E-state index < -0.39 is 6.04 Å². The Hall–Kier alpha value is -0.880. The molecule has 0 saturated heterocycles. The Morgan fingerprint density at radius 1 is 1.56 bits per heavy atom. The lowest BCUT2D eigenvalue weighted by Crippen LogP contribution is -2.43. The number of pyridine rings is 1. The van der Waals surface area contributed by atoms with Crippen LogP contribution in [0, 0.1) is 6.92 Å². The summed E-state index contributed by atoms with van der Waals surface area (Å²) in [6.07, 6.45) is 1.70. The van der Waals surface area contributed by atoms with Crippen molar-refractivity contribution in [3.05, 3.63) is 29.6 Å². The van der Waals surface area contributed by atoms with Crippen molar-refractivity contribution in [1.29, 1.82) is 0 Å². The molecule has 1 atom stereocenters. The first-order valence-electron chi connectivity index (χ1n) is 5.08. The number of aromatic nitrogens is 1. The van der Waals surface area contributed by atoms with Crippen molar-refractivity contribution in [2.24, 2.45) is 5.73 Å². The van der Waals surface area contributed by atoms with Gasteiger partial charge in [0.05, 0.1) is 18.8 Å². The number of ether oxygens (including phenoxy) is 1. The first kappa shape index (κ1) is 19.5. The third kappa shape index (κ3) is 6.16. The van der Waals surface area contributed by atoms with Crippen molar-refractivity contribution < 1.29 is 9.53 Å². The van der Waals surface area contributed by atoms with Crippen LogP contribution in [0.15, 0.2) is 18.3 Å². The molecule has 0 aliphatic rings. The molecular weight excluding hydrogens is 277 g/mol. The number of nitrogens with one attached hydrogen (secondary N) is 1. The van der Waals surface area contributed by atoms with Gasteiger partial charge in [0.2, 0.25) is 5.91 Å². The maximum absolute atomic E-state index is 11.5. The highest BCUT2D eigenvalue weighted by Crippen LogP contribution is 2.02. The molecule has 0 aliphatic heterocycles. The molecule has 1 amide bonds. The number of rotatable bonds is 5. The Bertz CT molecular complexity index is 364. The minimum atomic E-state index is -0.631. The van der Waals surface area contributed by atoms with Crippen molar-refractivity contribution in [1.82, 2.24) is 10.3 Å². The monoisotopic (exact) mass is 295 g/mol. The Labute approximate surface area is 119 Å². The van der Waals surface area contributed by atoms with Crippen LogP contribution in [0.4, 0.5) is 0 Å². The van der Waals surface area contributed by atoms with Crippen LogP contribution in [-0.4, -0.2) is 30.6 Å². The molecule has 1 aromatic rings. The van der Waals surface area contributed by atoms with Crippen LogP contribution in [0.5, 0.6) is 0 Å². The van der Waals surface area contributed by atoms with Gasteiger partial charge in [-0.2, -0.15) is 0 Å². The van der Waals surface area contributed by atoms with Gasteiger partial charge in [-0.15, -0.1) is 24.8 Å². The summed E-state index contributed by atoms with van der Waals surface area (Å²) in [6, 6.07) is 3.18. The van der Waals surface area contributed by atoms with Gasteiger partial charge in [0.15, 0.2) is 0 Å². The molecule has 7 heteroatoms. The van der Waals surface area contributed by atoms with Gasteiger partial charge in [0, 0.05) is 13.3 Å². The Morgan fingerprint density at radius 3 is 2.78 bits per heavy atom. The van der Waals surface area contributed by atoms with Crippen molar-refractivity contribution >= 4 is 30.7 Å². The molecule has 3 N–H and O–H groups in total. The number of hydrogen-bond acceptors (Lipinski definition) is 4. The molecule has 104 valence electrons. The van der Waals surface area contributed by atoms with Crippen molar-refractivity contribution in [2.45, 2.75) is 19.5 Å². The number of amides is 1. The van der Waals surface area contributed by atoms with Crippen LogP contribution in [0.1, 0.15) is 11.3 Å². The third-order valence-corrected chi connectivity index (χ3v) is 2.23. The predicted molar refractivity (Wildman–Crippen MR) is 75.2 cm³/mol. The molecule has 0 bridgehead atoms. The first-order valence-corrected chi connectivity index (χ1v) is 5.08. The number of nitrogens with zero attached hydrogens (tertiary/aromatic N) is 1. The number of methoxy groups -OCH3 is 1. The lowest BCUT2D eigenvalue weighted by atomic mass is 10.2. The molecule has 0 radical (unpaired) electrons. The van der Waals surface area contributed by atoms with Gasteiger partial charge < -0.3 is 15.8 Å². The van der Waals surface area contributed by atoms with Crippen LogP contribution < -0.4 is 11.1 Å². The molecule has 1 heterocycles. The molecule has 1 unspecified atom stereocenters. The van der Waals surface area contributed by atoms with Gasteiger partial charge in [0.25, 0.3) is 0 Å². The summed E-state index contributed by atoms with van der Waals surface area (Å²) >= 11 is 0. The number of aryl methyl sites for hydroxylation is 1. The second-order valence-electron chi connectivity index (χ2n) is 3.55. The second kappa shape index (κ2) is 10.1. The molecule has 0 aliphatic carbocycles. The standard InChI is InChI=1S/C11H17N3O2.2ClH/c1-8-4-3-5-13-10(8)6-14-11(15)9(12)7-16-2;;/h3-5,9H,6-7,12H2,1-2H3,(H,14,15);2*1H. The van der Waals surface area contributed by atoms with Gasteiger partial charge in [-0.05, 0) is 18.6 Å². The zero-order chi connectivity index (χ0) is 12.0. The van der Waals surface area contributed by atoms with E-state index in [1.54, 1.807) is 6.20 Å². The van der Waals surface area contributed by atoms with Gasteiger partial charge in [-0.1, -0.05) is 6.07 Å². The number of nitrogens with two attached hydrogens (primary N) is 1. The van der Waals surface area contributed by atoms with Crippen LogP contribution >= 0.6 is 24.8 Å². The molecule has 0 fully saturated rings. The van der Waals surface area contributed by atoms with E-state index in [1.807, 2.05) is 19.1 Å². The fourth-order valence-electron chi connectivity index (χ4n) is 1.26. The summed E-state index contributed by atoms with van der Waals surface area (Å²) in [7, 11) is 1.51.